The molecule has 3 N–H and O–H groups in total. The van der Waals surface area contributed by atoms with Gasteiger partial charge >= 0.3 is 0 Å². The maximum Gasteiger partial charge on any atom is 0.282 e. The zero-order chi connectivity index (χ0) is 19.4. The number of rotatable bonds is 6. The second-order valence-electron chi connectivity index (χ2n) is 6.58. The zero-order valence-electron chi connectivity index (χ0n) is 15.7. The molecule has 2 aromatic rings. The van der Waals surface area contributed by atoms with Crippen LogP contribution in [0.2, 0.25) is 0 Å². The molecule has 0 fully saturated rings. The molecule has 142 valence electrons. The summed E-state index contributed by atoms with van der Waals surface area (Å²) in [5.74, 6) is 1.13. The third-order valence-corrected chi connectivity index (χ3v) is 4.70. The van der Waals surface area contributed by atoms with Crippen LogP contribution < -0.4 is 25.0 Å². The zero-order valence-corrected chi connectivity index (χ0v) is 15.7. The molecule has 1 aliphatic rings. The van der Waals surface area contributed by atoms with Crippen molar-refractivity contribution >= 4 is 17.5 Å². The third kappa shape index (κ3) is 4.38. The highest BCUT2D eigenvalue weighted by Crippen LogP contribution is 2.34. The van der Waals surface area contributed by atoms with Crippen LogP contribution >= 0.6 is 0 Å². The maximum absolute atomic E-state index is 12.6. The molecule has 0 radical (unpaired) electrons. The van der Waals surface area contributed by atoms with Crippen LogP contribution in [0.25, 0.3) is 0 Å². The van der Waals surface area contributed by atoms with Gasteiger partial charge in [0, 0.05) is 29.9 Å². The van der Waals surface area contributed by atoms with E-state index in [1.54, 1.807) is 37.4 Å². The summed E-state index contributed by atoms with van der Waals surface area (Å²) < 4.78 is 10.6. The molecule has 0 saturated carbocycles. The molecule has 2 amide bonds. The molecule has 1 unspecified atom stereocenters. The first-order valence-corrected chi connectivity index (χ1v) is 8.82. The summed E-state index contributed by atoms with van der Waals surface area (Å²) in [4.78, 5) is 25.2. The summed E-state index contributed by atoms with van der Waals surface area (Å²) in [6.07, 6.45) is 0. The number of quaternary nitrogens is 1. The Morgan fingerprint density at radius 3 is 2.52 bits per heavy atom. The van der Waals surface area contributed by atoms with Crippen LogP contribution in [0.4, 0.5) is 5.69 Å². The van der Waals surface area contributed by atoms with E-state index in [1.165, 1.54) is 0 Å². The fourth-order valence-electron chi connectivity index (χ4n) is 2.84. The molecule has 2 aromatic carbocycles. The van der Waals surface area contributed by atoms with Crippen molar-refractivity contribution in [2.24, 2.45) is 0 Å². The quantitative estimate of drug-likeness (QED) is 0.703. The van der Waals surface area contributed by atoms with Gasteiger partial charge in [-0.1, -0.05) is 12.1 Å². The molecular weight excluding hydrogens is 346 g/mol. The number of ether oxygens (including phenoxy) is 2. The first-order chi connectivity index (χ1) is 13.0. The van der Waals surface area contributed by atoms with Gasteiger partial charge in [-0.3, -0.25) is 9.59 Å². The predicted molar refractivity (Wildman–Crippen MR) is 101 cm³/mol. The van der Waals surface area contributed by atoms with Gasteiger partial charge in [0.15, 0.2) is 17.5 Å². The minimum atomic E-state index is -0.256. The van der Waals surface area contributed by atoms with E-state index >= 15 is 0 Å². The Bertz CT molecular complexity index is 836. The highest BCUT2D eigenvalue weighted by Gasteiger charge is 2.23. The van der Waals surface area contributed by atoms with Crippen LogP contribution in [0.15, 0.2) is 42.5 Å². The minimum absolute atomic E-state index is 0.0756. The summed E-state index contributed by atoms with van der Waals surface area (Å²) in [5.41, 5.74) is 2.36. The van der Waals surface area contributed by atoms with Crippen LogP contribution in [0, 0.1) is 0 Å². The Hall–Kier alpha value is -3.06. The number of hydrogen-bond acceptors (Lipinski definition) is 4. The van der Waals surface area contributed by atoms with E-state index < -0.39 is 0 Å². The van der Waals surface area contributed by atoms with Gasteiger partial charge in [0.05, 0.1) is 7.05 Å². The van der Waals surface area contributed by atoms with E-state index in [2.05, 4.69) is 10.6 Å². The molecule has 0 aromatic heterocycles. The lowest BCUT2D eigenvalue weighted by Crippen LogP contribution is -3.12. The number of benzene rings is 2. The lowest BCUT2D eigenvalue weighted by atomic mass is 10.1. The Balaban J connectivity index is 1.58. The Morgan fingerprint density at radius 1 is 1.11 bits per heavy atom. The minimum Gasteiger partial charge on any atom is -0.454 e. The van der Waals surface area contributed by atoms with Crippen molar-refractivity contribution in [1.82, 2.24) is 5.32 Å². The molecule has 1 heterocycles. The summed E-state index contributed by atoms with van der Waals surface area (Å²) in [5, 5.41) is 5.52. The monoisotopic (exact) mass is 370 g/mol. The fourth-order valence-corrected chi connectivity index (χ4v) is 2.84. The molecule has 3 rings (SSSR count). The molecule has 27 heavy (non-hydrogen) atoms. The van der Waals surface area contributed by atoms with E-state index in [1.807, 2.05) is 26.1 Å². The number of carbonyl (C=O) groups excluding carboxylic acids is 2. The van der Waals surface area contributed by atoms with E-state index in [0.29, 0.717) is 29.3 Å². The topological polar surface area (TPSA) is 81.1 Å². The van der Waals surface area contributed by atoms with Gasteiger partial charge in [-0.25, -0.2) is 0 Å². The normalized spacial score (nSPS) is 14.3. The Labute approximate surface area is 158 Å². The van der Waals surface area contributed by atoms with Crippen LogP contribution in [-0.2, 0) is 11.3 Å². The van der Waals surface area contributed by atoms with Gasteiger partial charge in [-0.2, -0.15) is 0 Å². The lowest BCUT2D eigenvalue weighted by molar-refractivity contribution is -0.907. The lowest BCUT2D eigenvalue weighted by Gasteiger charge is -2.21. The number of amides is 2. The number of anilines is 1. The van der Waals surface area contributed by atoms with Crippen molar-refractivity contribution < 1.29 is 24.0 Å². The van der Waals surface area contributed by atoms with Gasteiger partial charge in [-0.15, -0.1) is 0 Å². The first-order valence-electron chi connectivity index (χ1n) is 8.82. The van der Waals surface area contributed by atoms with Crippen molar-refractivity contribution in [1.29, 1.82) is 0 Å². The molecule has 0 saturated heterocycles. The fraction of sp³-hybridized carbons (Fsp3) is 0.300. The van der Waals surface area contributed by atoms with E-state index in [0.717, 1.165) is 10.5 Å². The number of carbonyl (C=O) groups is 2. The largest absolute Gasteiger partial charge is 0.454 e. The maximum atomic E-state index is 12.6. The van der Waals surface area contributed by atoms with Crippen LogP contribution in [-0.4, -0.2) is 38.7 Å². The smallest absolute Gasteiger partial charge is 0.282 e. The summed E-state index contributed by atoms with van der Waals surface area (Å²) in [6.45, 7) is 2.76. The summed E-state index contributed by atoms with van der Waals surface area (Å²) in [7, 11) is 3.57. The third-order valence-electron chi connectivity index (χ3n) is 4.70. The highest BCUT2D eigenvalue weighted by molar-refractivity contribution is 5.94. The van der Waals surface area contributed by atoms with Gasteiger partial charge < -0.3 is 25.0 Å². The molecule has 0 aliphatic carbocycles. The van der Waals surface area contributed by atoms with Gasteiger partial charge in [0.2, 0.25) is 6.79 Å². The van der Waals surface area contributed by atoms with Crippen molar-refractivity contribution in [2.45, 2.75) is 19.5 Å². The van der Waals surface area contributed by atoms with Gasteiger partial charge in [-0.05, 0) is 31.2 Å². The highest BCUT2D eigenvalue weighted by atomic mass is 16.7. The Morgan fingerprint density at radius 2 is 1.81 bits per heavy atom. The summed E-state index contributed by atoms with van der Waals surface area (Å²) >= 11 is 0. The second kappa shape index (κ2) is 8.09. The molecule has 2 atom stereocenters. The molecular formula is C20H24N3O4+. The number of nitrogens with one attached hydrogen (secondary N) is 3. The molecule has 7 heteroatoms. The van der Waals surface area contributed by atoms with Crippen molar-refractivity contribution in [3.05, 3.63) is 53.6 Å². The molecule has 0 bridgehead atoms. The average Bonchev–Trinajstić information content (AvgIpc) is 3.15. The molecule has 1 aliphatic heterocycles. The number of fused-ring (bicyclic) bond motifs is 1. The number of likely N-dealkylation sites (N-methyl/N-ethyl adjacent to an activating group) is 1. The Kier molecular flexibility index (Phi) is 5.61. The van der Waals surface area contributed by atoms with Crippen LogP contribution in [0.5, 0.6) is 11.5 Å². The van der Waals surface area contributed by atoms with E-state index in [9.17, 15) is 9.59 Å². The SMILES string of the molecule is CNC(=O)c1ccc(C[NH+](C)[C@H](C)C(=O)Nc2ccc3c(c2)OCO3)cc1. The van der Waals surface area contributed by atoms with Crippen molar-refractivity contribution in [3.63, 3.8) is 0 Å². The number of hydrogen-bond donors (Lipinski definition) is 3. The first kappa shape index (κ1) is 18.7. The van der Waals surface area contributed by atoms with Gasteiger partial charge in [0.1, 0.15) is 6.54 Å². The average molecular weight is 370 g/mol. The van der Waals surface area contributed by atoms with Crippen molar-refractivity contribution in [2.75, 3.05) is 26.2 Å². The molecule has 7 nitrogen and oxygen atoms in total. The van der Waals surface area contributed by atoms with Crippen LogP contribution in [0.1, 0.15) is 22.8 Å². The predicted octanol–water partition coefficient (Wildman–Crippen LogP) is 0.817. The van der Waals surface area contributed by atoms with E-state index in [-0.39, 0.29) is 24.6 Å². The van der Waals surface area contributed by atoms with Crippen LogP contribution in [0.3, 0.4) is 0 Å². The second-order valence-corrected chi connectivity index (χ2v) is 6.58. The molecule has 0 spiro atoms. The summed E-state index contributed by atoms with van der Waals surface area (Å²) in [6, 6.07) is 12.5. The standard InChI is InChI=1S/C20H23N3O4/c1-13(19(24)22-16-8-9-17-18(10-16)27-12-26-17)23(3)11-14-4-6-15(7-5-14)20(25)21-2/h4-10,13H,11-12H2,1-3H3,(H,21,25)(H,22,24)/p+1/t13-/m1/s1. The van der Waals surface area contributed by atoms with E-state index in [4.69, 9.17) is 9.47 Å². The van der Waals surface area contributed by atoms with Gasteiger partial charge in [0.25, 0.3) is 11.8 Å². The van der Waals surface area contributed by atoms with Crippen molar-refractivity contribution in [3.8, 4) is 11.5 Å².